The van der Waals surface area contributed by atoms with Gasteiger partial charge in [0.05, 0.1) is 19.8 Å². The molecular weight excluding hydrogens is 659 g/mol. The molecule has 4 N–H and O–H groups in total. The van der Waals surface area contributed by atoms with Gasteiger partial charge in [0.25, 0.3) is 6.47 Å². The molecule has 4 aromatic rings. The Morgan fingerprint density at radius 1 is 0.818 bits per heavy atom. The van der Waals surface area contributed by atoms with Crippen molar-refractivity contribution >= 4 is 18.9 Å². The number of carbonyl (C=O) groups is 3. The Bertz CT molecular complexity index is 1580. The molecular formula is C31H28F2O10Y. The maximum absolute atomic E-state index is 14.5. The Hall–Kier alpha value is -4.23. The zero-order valence-electron chi connectivity index (χ0n) is 23.7. The van der Waals surface area contributed by atoms with Gasteiger partial charge in [-0.15, -0.1) is 0 Å². The number of hydrogen-bond donors (Lipinski definition) is 4. The van der Waals surface area contributed by atoms with Crippen LogP contribution in [0.4, 0.5) is 13.6 Å². The predicted octanol–water partition coefficient (Wildman–Crippen LogP) is 6.84. The number of ether oxygens (including phenoxy) is 2. The Labute approximate surface area is 276 Å². The van der Waals surface area contributed by atoms with Gasteiger partial charge in [0.2, 0.25) is 0 Å². The number of aromatic hydroxyl groups is 1. The first kappa shape index (κ1) is 37.8. The summed E-state index contributed by atoms with van der Waals surface area (Å²) >= 11 is 0. The summed E-state index contributed by atoms with van der Waals surface area (Å²) in [5.41, 5.74) is 5.70. The molecule has 1 atom stereocenters. The van der Waals surface area contributed by atoms with Crippen LogP contribution in [-0.4, -0.2) is 53.7 Å². The van der Waals surface area contributed by atoms with E-state index in [4.69, 9.17) is 30.1 Å². The van der Waals surface area contributed by atoms with Crippen LogP contribution in [0.2, 0.25) is 0 Å². The molecule has 0 saturated heterocycles. The first-order valence-corrected chi connectivity index (χ1v) is 12.3. The Kier molecular flexibility index (Phi) is 15.8. The molecule has 10 nitrogen and oxygen atoms in total. The summed E-state index contributed by atoms with van der Waals surface area (Å²) < 4.78 is 36.8. The average Bonchev–Trinajstić information content (AvgIpc) is 3.24. The number of phenols is 1. The molecule has 4 aromatic carbocycles. The van der Waals surface area contributed by atoms with Gasteiger partial charge in [-0.3, -0.25) is 14.8 Å². The quantitative estimate of drug-likeness (QED) is 0.0588. The zero-order chi connectivity index (χ0) is 32.1. The summed E-state index contributed by atoms with van der Waals surface area (Å²) in [7, 11) is 2.83. The summed E-state index contributed by atoms with van der Waals surface area (Å²) in [4.78, 5) is 32.2. The van der Waals surface area contributed by atoms with Crippen molar-refractivity contribution < 1.29 is 90.8 Å². The van der Waals surface area contributed by atoms with Crippen LogP contribution in [0.1, 0.15) is 34.3 Å². The van der Waals surface area contributed by atoms with Crippen LogP contribution in [0.15, 0.2) is 72.8 Å². The van der Waals surface area contributed by atoms with Crippen LogP contribution in [-0.2, 0) is 42.4 Å². The van der Waals surface area contributed by atoms with Crippen molar-refractivity contribution in [3.8, 4) is 39.5 Å². The number of methoxy groups -OCH3 is 1. The van der Waals surface area contributed by atoms with Crippen LogP contribution >= 0.6 is 0 Å². The SMILES string of the molecule is COO.COc1ccc2c(c1)C(C)c1cc(-c3ccc(OC(=O)O)cc3F)ccc1-2.O=CO.O=Cc1ccc(O)cc1F.[Y]. The Morgan fingerprint density at radius 2 is 1.36 bits per heavy atom. The third-order valence-corrected chi connectivity index (χ3v) is 6.10. The summed E-state index contributed by atoms with van der Waals surface area (Å²) in [5, 5.41) is 31.3. The van der Waals surface area contributed by atoms with Gasteiger partial charge < -0.3 is 24.8 Å². The van der Waals surface area contributed by atoms with Crippen molar-refractivity contribution in [1.29, 1.82) is 0 Å². The van der Waals surface area contributed by atoms with Gasteiger partial charge in [0.15, 0.2) is 6.29 Å². The van der Waals surface area contributed by atoms with Gasteiger partial charge in [0.1, 0.15) is 28.9 Å². The minimum atomic E-state index is -1.47. The second-order valence-corrected chi connectivity index (χ2v) is 8.60. The molecule has 13 heteroatoms. The van der Waals surface area contributed by atoms with Crippen molar-refractivity contribution in [3.05, 3.63) is 101 Å². The number of carboxylic acid groups (broad SMARTS) is 2. The molecule has 0 amide bonds. The van der Waals surface area contributed by atoms with Crippen LogP contribution in [0.5, 0.6) is 17.2 Å². The number of halogens is 2. The summed E-state index contributed by atoms with van der Waals surface area (Å²) in [5.74, 6) is -0.467. The van der Waals surface area contributed by atoms with Crippen molar-refractivity contribution in [3.63, 3.8) is 0 Å². The molecule has 5 rings (SSSR count). The van der Waals surface area contributed by atoms with Crippen molar-refractivity contribution in [1.82, 2.24) is 0 Å². The van der Waals surface area contributed by atoms with E-state index < -0.39 is 17.8 Å². The molecule has 1 aliphatic carbocycles. The van der Waals surface area contributed by atoms with Gasteiger partial charge in [-0.05, 0) is 70.3 Å². The molecule has 0 saturated carbocycles. The van der Waals surface area contributed by atoms with E-state index in [-0.39, 0.29) is 62.2 Å². The Morgan fingerprint density at radius 3 is 1.89 bits per heavy atom. The normalized spacial score (nSPS) is 11.6. The smallest absolute Gasteiger partial charge is 0.508 e. The minimum Gasteiger partial charge on any atom is -0.508 e. The van der Waals surface area contributed by atoms with Gasteiger partial charge in [0, 0.05) is 56.3 Å². The third-order valence-electron chi connectivity index (χ3n) is 6.10. The minimum absolute atomic E-state index is 0. The number of phenolic OH excluding ortho intramolecular Hbond substituents is 1. The standard InChI is InChI=1S/C22H17FO4.C7H5FO2.CH4O2.CH2O2.Y/c1-12-19-9-13(16-7-5-15(11-21(16)23)27-22(24)25)3-6-17(19)18-8-4-14(26-2)10-20(12)18;8-7-3-6(10)2-1-5(7)4-9;1-3-2;2-1-3;/h3-12H,1-2H3,(H,24,25);1-4,10H;2H,1H3;1H,(H,2,3);. The van der Waals surface area contributed by atoms with E-state index in [0.29, 0.717) is 11.8 Å². The molecule has 1 unspecified atom stereocenters. The fourth-order valence-electron chi connectivity index (χ4n) is 4.28. The number of fused-ring (bicyclic) bond motifs is 3. The largest absolute Gasteiger partial charge is 0.511 e. The first-order valence-electron chi connectivity index (χ1n) is 12.3. The molecule has 0 heterocycles. The molecule has 0 spiro atoms. The molecule has 0 bridgehead atoms. The van der Waals surface area contributed by atoms with E-state index in [0.717, 1.165) is 40.1 Å². The van der Waals surface area contributed by atoms with Crippen LogP contribution in [0.3, 0.4) is 0 Å². The maximum atomic E-state index is 14.5. The van der Waals surface area contributed by atoms with Crippen LogP contribution in [0.25, 0.3) is 22.3 Å². The van der Waals surface area contributed by atoms with Crippen LogP contribution < -0.4 is 9.47 Å². The molecule has 229 valence electrons. The molecule has 1 radical (unpaired) electrons. The van der Waals surface area contributed by atoms with Gasteiger partial charge in [-0.25, -0.2) is 18.5 Å². The van der Waals surface area contributed by atoms with E-state index >= 15 is 0 Å². The fourth-order valence-corrected chi connectivity index (χ4v) is 4.28. The second kappa shape index (κ2) is 18.4. The monoisotopic (exact) mass is 687 g/mol. The van der Waals surface area contributed by atoms with Crippen molar-refractivity contribution in [2.24, 2.45) is 0 Å². The predicted molar refractivity (Wildman–Crippen MR) is 152 cm³/mol. The topological polar surface area (TPSA) is 160 Å². The van der Waals surface area contributed by atoms with Gasteiger partial charge >= 0.3 is 6.16 Å². The number of aldehydes is 1. The number of rotatable bonds is 4. The molecule has 0 fully saturated rings. The summed E-state index contributed by atoms with van der Waals surface area (Å²) in [6.07, 6.45) is -1.07. The number of benzene rings is 4. The zero-order valence-corrected chi connectivity index (χ0v) is 26.6. The van der Waals surface area contributed by atoms with Gasteiger partial charge in [-0.1, -0.05) is 25.1 Å². The first-order chi connectivity index (χ1) is 20.5. The number of carbonyl (C=O) groups excluding carboxylic acids is 1. The van der Waals surface area contributed by atoms with E-state index in [2.05, 4.69) is 22.6 Å². The van der Waals surface area contributed by atoms with E-state index in [9.17, 15) is 18.4 Å². The maximum Gasteiger partial charge on any atom is 0.511 e. The molecule has 44 heavy (non-hydrogen) atoms. The van der Waals surface area contributed by atoms with Gasteiger partial charge in [-0.2, -0.15) is 0 Å². The van der Waals surface area contributed by atoms with E-state index in [1.54, 1.807) is 7.11 Å². The second-order valence-electron chi connectivity index (χ2n) is 8.60. The summed E-state index contributed by atoms with van der Waals surface area (Å²) in [6.45, 7) is 1.87. The molecule has 0 aliphatic heterocycles. The van der Waals surface area contributed by atoms with E-state index in [1.165, 1.54) is 36.9 Å². The van der Waals surface area contributed by atoms with Crippen molar-refractivity contribution in [2.45, 2.75) is 12.8 Å². The summed E-state index contributed by atoms with van der Waals surface area (Å²) in [6, 6.07) is 19.3. The third kappa shape index (κ3) is 9.92. The van der Waals surface area contributed by atoms with Crippen molar-refractivity contribution in [2.75, 3.05) is 14.2 Å². The number of hydrogen-bond acceptors (Lipinski definition) is 8. The van der Waals surface area contributed by atoms with E-state index in [1.807, 2.05) is 30.3 Å². The fraction of sp³-hybridized carbons (Fsp3) is 0.129. The average molecular weight is 687 g/mol. The Balaban J connectivity index is 0.000000474. The molecule has 1 aliphatic rings. The molecule has 0 aromatic heterocycles. The van der Waals surface area contributed by atoms with Crippen LogP contribution in [0, 0.1) is 11.6 Å².